The summed E-state index contributed by atoms with van der Waals surface area (Å²) in [6, 6.07) is 8.35. The predicted molar refractivity (Wildman–Crippen MR) is 98.0 cm³/mol. The minimum Gasteiger partial charge on any atom is -0.392 e. The molecule has 4 saturated heterocycles. The van der Waals surface area contributed by atoms with Gasteiger partial charge in [0.2, 0.25) is 0 Å². The summed E-state index contributed by atoms with van der Waals surface area (Å²) in [7, 11) is 0. The van der Waals surface area contributed by atoms with Crippen molar-refractivity contribution in [2.45, 2.75) is 51.8 Å². The lowest BCUT2D eigenvalue weighted by molar-refractivity contribution is -0.268. The molecule has 0 aliphatic carbocycles. The molecule has 4 fully saturated rings. The zero-order chi connectivity index (χ0) is 16.9. The van der Waals surface area contributed by atoms with Crippen molar-refractivity contribution in [3.05, 3.63) is 34.9 Å². The Morgan fingerprint density at radius 3 is 1.83 bits per heavy atom. The van der Waals surface area contributed by atoms with Crippen LogP contribution in [0.25, 0.3) is 0 Å². The molecule has 0 radical (unpaired) electrons. The van der Waals surface area contributed by atoms with E-state index in [1.165, 1.54) is 5.56 Å². The van der Waals surface area contributed by atoms with Gasteiger partial charge >= 0.3 is 0 Å². The SMILES string of the molecule is CCCC12CN3CC(CCC)(CN(C1)C3c1ccc(Cl)cc1)C2O. The Morgan fingerprint density at radius 2 is 1.42 bits per heavy atom. The van der Waals surface area contributed by atoms with Crippen molar-refractivity contribution >= 4 is 11.6 Å². The molecule has 24 heavy (non-hydrogen) atoms. The van der Waals surface area contributed by atoms with E-state index >= 15 is 0 Å². The normalized spacial score (nSPS) is 43.3. The standard InChI is InChI=1S/C20H29ClN2O/c1-3-9-19-11-22-13-20(10-4-2,18(19)24)14-23(12-19)17(22)15-5-7-16(21)8-6-15/h5-8,17-18,24H,3-4,9-14H2,1-2H3. The van der Waals surface area contributed by atoms with E-state index < -0.39 is 0 Å². The van der Waals surface area contributed by atoms with Crippen molar-refractivity contribution in [3.8, 4) is 0 Å². The third kappa shape index (κ3) is 2.36. The lowest BCUT2D eigenvalue weighted by Gasteiger charge is -2.70. The minimum absolute atomic E-state index is 0.0589. The number of aliphatic hydroxyl groups excluding tert-OH is 1. The highest BCUT2D eigenvalue weighted by molar-refractivity contribution is 6.30. The Bertz CT molecular complexity index is 560. The van der Waals surface area contributed by atoms with Crippen molar-refractivity contribution in [3.63, 3.8) is 0 Å². The van der Waals surface area contributed by atoms with E-state index in [0.29, 0.717) is 6.17 Å². The molecule has 0 spiro atoms. The molecule has 0 atom stereocenters. The molecule has 0 aromatic heterocycles. The summed E-state index contributed by atoms with van der Waals surface area (Å²) in [5.41, 5.74) is 1.46. The van der Waals surface area contributed by atoms with Crippen LogP contribution in [0, 0.1) is 10.8 Å². The molecule has 0 unspecified atom stereocenters. The van der Waals surface area contributed by atoms with Crippen molar-refractivity contribution in [1.29, 1.82) is 0 Å². The Morgan fingerprint density at radius 1 is 0.958 bits per heavy atom. The van der Waals surface area contributed by atoms with Crippen molar-refractivity contribution in [1.82, 2.24) is 9.80 Å². The molecule has 4 heteroatoms. The van der Waals surface area contributed by atoms with Gasteiger partial charge in [-0.15, -0.1) is 0 Å². The first-order valence-electron chi connectivity index (χ1n) is 9.45. The Balaban J connectivity index is 1.70. The van der Waals surface area contributed by atoms with Crippen LogP contribution in [-0.4, -0.2) is 47.2 Å². The molecule has 1 aromatic carbocycles. The highest BCUT2D eigenvalue weighted by Crippen LogP contribution is 2.57. The Kier molecular flexibility index (Phi) is 4.20. The third-order valence-electron chi connectivity index (χ3n) is 6.59. The molecule has 4 aliphatic heterocycles. The topological polar surface area (TPSA) is 26.7 Å². The zero-order valence-electron chi connectivity index (χ0n) is 14.8. The van der Waals surface area contributed by atoms with E-state index in [1.54, 1.807) is 0 Å². The largest absolute Gasteiger partial charge is 0.392 e. The van der Waals surface area contributed by atoms with Gasteiger partial charge in [0.15, 0.2) is 0 Å². The van der Waals surface area contributed by atoms with Crippen molar-refractivity contribution < 1.29 is 5.11 Å². The fourth-order valence-electron chi connectivity index (χ4n) is 6.04. The smallest absolute Gasteiger partial charge is 0.0887 e. The second-order valence-corrected chi connectivity index (χ2v) is 8.80. The lowest BCUT2D eigenvalue weighted by atomic mass is 9.56. The number of benzene rings is 1. The molecule has 1 N–H and O–H groups in total. The molecular weight excluding hydrogens is 320 g/mol. The molecule has 0 amide bonds. The first kappa shape index (κ1) is 16.8. The summed E-state index contributed by atoms with van der Waals surface area (Å²) >= 11 is 6.09. The number of piperidine rings is 2. The van der Waals surface area contributed by atoms with E-state index in [9.17, 15) is 5.11 Å². The Hall–Kier alpha value is -0.610. The van der Waals surface area contributed by atoms with Crippen LogP contribution in [0.5, 0.6) is 0 Å². The number of rotatable bonds is 5. The van der Waals surface area contributed by atoms with E-state index in [-0.39, 0.29) is 16.9 Å². The molecule has 5 rings (SSSR count). The molecular formula is C20H29ClN2O. The van der Waals surface area contributed by atoms with Gasteiger partial charge in [0, 0.05) is 42.0 Å². The van der Waals surface area contributed by atoms with Crippen LogP contribution in [0.1, 0.15) is 51.3 Å². The van der Waals surface area contributed by atoms with Crippen LogP contribution in [0.3, 0.4) is 0 Å². The predicted octanol–water partition coefficient (Wildman–Crippen LogP) is 3.92. The summed E-state index contributed by atoms with van der Waals surface area (Å²) in [5, 5.41) is 12.1. The zero-order valence-corrected chi connectivity index (χ0v) is 15.6. The van der Waals surface area contributed by atoms with E-state index in [1.807, 2.05) is 12.1 Å². The van der Waals surface area contributed by atoms with Gasteiger partial charge in [0.1, 0.15) is 0 Å². The first-order chi connectivity index (χ1) is 11.5. The van der Waals surface area contributed by atoms with Crippen LogP contribution in [-0.2, 0) is 0 Å². The number of halogens is 1. The number of hydrogen-bond donors (Lipinski definition) is 1. The molecule has 4 bridgehead atoms. The molecule has 4 heterocycles. The van der Waals surface area contributed by atoms with Crippen molar-refractivity contribution in [2.24, 2.45) is 10.8 Å². The van der Waals surface area contributed by atoms with Crippen LogP contribution in [0.15, 0.2) is 24.3 Å². The average Bonchev–Trinajstić information content (AvgIpc) is 2.54. The maximum Gasteiger partial charge on any atom is 0.0887 e. The Labute approximate surface area is 150 Å². The third-order valence-corrected chi connectivity index (χ3v) is 6.84. The average molecular weight is 349 g/mol. The molecule has 132 valence electrons. The summed E-state index contributed by atoms with van der Waals surface area (Å²) in [4.78, 5) is 5.27. The minimum atomic E-state index is -0.149. The highest BCUT2D eigenvalue weighted by atomic mass is 35.5. The number of hydrogen-bond acceptors (Lipinski definition) is 3. The number of aliphatic hydroxyl groups is 1. The lowest BCUT2D eigenvalue weighted by Crippen LogP contribution is -2.78. The van der Waals surface area contributed by atoms with Gasteiger partial charge in [-0.2, -0.15) is 0 Å². The van der Waals surface area contributed by atoms with Gasteiger partial charge < -0.3 is 5.11 Å². The van der Waals surface area contributed by atoms with Crippen LogP contribution < -0.4 is 0 Å². The van der Waals surface area contributed by atoms with Gasteiger partial charge in [-0.05, 0) is 30.5 Å². The van der Waals surface area contributed by atoms with Gasteiger partial charge in [0.05, 0.1) is 12.3 Å². The maximum absolute atomic E-state index is 11.3. The second-order valence-electron chi connectivity index (χ2n) is 8.36. The van der Waals surface area contributed by atoms with Crippen LogP contribution in [0.4, 0.5) is 0 Å². The quantitative estimate of drug-likeness (QED) is 0.873. The van der Waals surface area contributed by atoms with Crippen molar-refractivity contribution in [2.75, 3.05) is 26.2 Å². The monoisotopic (exact) mass is 348 g/mol. The number of nitrogens with zero attached hydrogens (tertiary/aromatic N) is 2. The van der Waals surface area contributed by atoms with Gasteiger partial charge in [-0.1, -0.05) is 50.4 Å². The molecule has 3 nitrogen and oxygen atoms in total. The maximum atomic E-state index is 11.3. The highest BCUT2D eigenvalue weighted by Gasteiger charge is 2.64. The van der Waals surface area contributed by atoms with E-state index in [0.717, 1.165) is 56.9 Å². The van der Waals surface area contributed by atoms with Gasteiger partial charge in [-0.25, -0.2) is 0 Å². The summed E-state index contributed by atoms with van der Waals surface area (Å²) in [6.45, 7) is 8.60. The van der Waals surface area contributed by atoms with Gasteiger partial charge in [0.25, 0.3) is 0 Å². The van der Waals surface area contributed by atoms with Crippen LogP contribution >= 0.6 is 11.6 Å². The first-order valence-corrected chi connectivity index (χ1v) is 9.83. The van der Waals surface area contributed by atoms with Gasteiger partial charge in [-0.3, -0.25) is 9.80 Å². The molecule has 0 saturated carbocycles. The molecule has 1 aromatic rings. The second kappa shape index (κ2) is 5.98. The summed E-state index contributed by atoms with van der Waals surface area (Å²) in [5.74, 6) is 0. The summed E-state index contributed by atoms with van der Waals surface area (Å²) < 4.78 is 0. The van der Waals surface area contributed by atoms with Crippen LogP contribution in [0.2, 0.25) is 5.02 Å². The van der Waals surface area contributed by atoms with E-state index in [2.05, 4.69) is 35.8 Å². The summed E-state index contributed by atoms with van der Waals surface area (Å²) in [6.07, 6.45) is 4.74. The van der Waals surface area contributed by atoms with E-state index in [4.69, 9.17) is 11.6 Å². The molecule has 4 aliphatic rings. The fraction of sp³-hybridized carbons (Fsp3) is 0.700. The fourth-order valence-corrected chi connectivity index (χ4v) is 6.17.